The van der Waals surface area contributed by atoms with Crippen molar-refractivity contribution in [3.63, 3.8) is 0 Å². The number of hydrogen-bond donors (Lipinski definition) is 1. The molecule has 19 heavy (non-hydrogen) atoms. The van der Waals surface area contributed by atoms with E-state index in [1.54, 1.807) is 4.68 Å². The van der Waals surface area contributed by atoms with Gasteiger partial charge >= 0.3 is 0 Å². The van der Waals surface area contributed by atoms with Crippen molar-refractivity contribution in [1.29, 1.82) is 0 Å². The summed E-state index contributed by atoms with van der Waals surface area (Å²) >= 11 is 0. The Morgan fingerprint density at radius 1 is 1.37 bits per heavy atom. The van der Waals surface area contributed by atoms with Gasteiger partial charge in [-0.2, -0.15) is 0 Å². The lowest BCUT2D eigenvalue weighted by atomic mass is 10.0. The fraction of sp³-hybridized carbons (Fsp3) is 0.846. The van der Waals surface area contributed by atoms with Gasteiger partial charge in [0, 0.05) is 38.3 Å². The van der Waals surface area contributed by atoms with E-state index in [1.807, 2.05) is 20.3 Å². The van der Waals surface area contributed by atoms with Crippen LogP contribution in [0.4, 0.5) is 0 Å². The van der Waals surface area contributed by atoms with Gasteiger partial charge in [-0.25, -0.2) is 0 Å². The summed E-state index contributed by atoms with van der Waals surface area (Å²) in [5.41, 5.74) is 1.06. The van der Waals surface area contributed by atoms with Gasteiger partial charge in [-0.1, -0.05) is 5.21 Å². The minimum atomic E-state index is 0.405. The first-order valence-electron chi connectivity index (χ1n) is 7.01. The Bertz CT molecular complexity index is 390. The van der Waals surface area contributed by atoms with Crippen LogP contribution in [0, 0.1) is 0 Å². The van der Waals surface area contributed by atoms with E-state index in [0.717, 1.165) is 25.2 Å². The maximum Gasteiger partial charge on any atom is 0.0843 e. The van der Waals surface area contributed by atoms with Gasteiger partial charge in [0.25, 0.3) is 0 Å². The molecule has 1 aromatic heterocycles. The third-order valence-corrected chi connectivity index (χ3v) is 4.03. The summed E-state index contributed by atoms with van der Waals surface area (Å²) in [5.74, 6) is 0. The molecular weight excluding hydrogens is 240 g/mol. The largest absolute Gasteiger partial charge is 0.315 e. The number of hydrogen-bond acceptors (Lipinski definition) is 5. The molecule has 0 radical (unpaired) electrons. The van der Waals surface area contributed by atoms with Crippen molar-refractivity contribution in [2.45, 2.75) is 24.9 Å². The number of aromatic nitrogens is 3. The molecule has 2 atom stereocenters. The van der Waals surface area contributed by atoms with Crippen molar-refractivity contribution in [3.05, 3.63) is 11.9 Å². The van der Waals surface area contributed by atoms with E-state index >= 15 is 0 Å². The highest BCUT2D eigenvalue weighted by Gasteiger charge is 2.28. The van der Waals surface area contributed by atoms with Crippen molar-refractivity contribution in [1.82, 2.24) is 30.1 Å². The minimum absolute atomic E-state index is 0.405. The maximum atomic E-state index is 4.21. The Morgan fingerprint density at radius 3 is 2.79 bits per heavy atom. The summed E-state index contributed by atoms with van der Waals surface area (Å²) in [6.45, 7) is 3.44. The van der Waals surface area contributed by atoms with Crippen LogP contribution in [0.2, 0.25) is 0 Å². The predicted octanol–water partition coefficient (Wildman–Crippen LogP) is -0.418. The van der Waals surface area contributed by atoms with E-state index in [1.165, 1.54) is 13.0 Å². The molecule has 6 nitrogen and oxygen atoms in total. The minimum Gasteiger partial charge on any atom is -0.315 e. The van der Waals surface area contributed by atoms with Crippen LogP contribution in [0.1, 0.15) is 12.1 Å². The highest BCUT2D eigenvalue weighted by Crippen LogP contribution is 2.13. The molecule has 6 heteroatoms. The van der Waals surface area contributed by atoms with Gasteiger partial charge in [-0.15, -0.1) is 5.10 Å². The normalized spacial score (nSPS) is 24.3. The second kappa shape index (κ2) is 6.45. The zero-order valence-electron chi connectivity index (χ0n) is 12.5. The molecule has 1 N–H and O–H groups in total. The molecule has 2 rings (SSSR count). The van der Waals surface area contributed by atoms with Crippen molar-refractivity contribution in [2.24, 2.45) is 7.05 Å². The van der Waals surface area contributed by atoms with Crippen LogP contribution in [0.25, 0.3) is 0 Å². The second-order valence-electron chi connectivity index (χ2n) is 5.65. The van der Waals surface area contributed by atoms with Crippen molar-refractivity contribution < 1.29 is 0 Å². The highest BCUT2D eigenvalue weighted by molar-refractivity contribution is 5.00. The summed E-state index contributed by atoms with van der Waals surface area (Å²) in [6, 6.07) is 0.918. The quantitative estimate of drug-likeness (QED) is 0.802. The fourth-order valence-corrected chi connectivity index (χ4v) is 2.88. The number of nitrogens with zero attached hydrogens (tertiary/aromatic N) is 5. The number of rotatable bonds is 4. The summed E-state index contributed by atoms with van der Waals surface area (Å²) in [5, 5.41) is 11.7. The molecule has 0 saturated carbocycles. The first-order valence-corrected chi connectivity index (χ1v) is 7.01. The Kier molecular flexibility index (Phi) is 4.90. The summed E-state index contributed by atoms with van der Waals surface area (Å²) in [4.78, 5) is 4.90. The molecule has 108 valence electrons. The molecular formula is C13H26N6. The number of aryl methyl sites for hydroxylation is 1. The standard InChI is InChI=1S/C13H26N6/c1-14-12(8-11-9-19(4)16-15-11)13-10-17(2)6-5-7-18(13)3/h9,12-14H,5-8,10H2,1-4H3. The van der Waals surface area contributed by atoms with Crippen molar-refractivity contribution in [3.8, 4) is 0 Å². The van der Waals surface area contributed by atoms with Crippen LogP contribution in [0.5, 0.6) is 0 Å². The van der Waals surface area contributed by atoms with Crippen LogP contribution in [0.3, 0.4) is 0 Å². The van der Waals surface area contributed by atoms with Gasteiger partial charge in [0.05, 0.1) is 5.69 Å². The third-order valence-electron chi connectivity index (χ3n) is 4.03. The van der Waals surface area contributed by atoms with Crippen molar-refractivity contribution in [2.75, 3.05) is 40.8 Å². The predicted molar refractivity (Wildman–Crippen MR) is 76.1 cm³/mol. The van der Waals surface area contributed by atoms with Gasteiger partial charge in [0.1, 0.15) is 0 Å². The first-order chi connectivity index (χ1) is 9.10. The van der Waals surface area contributed by atoms with E-state index in [-0.39, 0.29) is 0 Å². The average molecular weight is 266 g/mol. The van der Waals surface area contributed by atoms with Crippen LogP contribution < -0.4 is 5.32 Å². The van der Waals surface area contributed by atoms with E-state index in [4.69, 9.17) is 0 Å². The van der Waals surface area contributed by atoms with E-state index in [9.17, 15) is 0 Å². The van der Waals surface area contributed by atoms with Gasteiger partial charge in [-0.3, -0.25) is 4.68 Å². The molecule has 1 aliphatic rings. The maximum absolute atomic E-state index is 4.21. The lowest BCUT2D eigenvalue weighted by Crippen LogP contribution is -2.52. The van der Waals surface area contributed by atoms with Gasteiger partial charge in [0.15, 0.2) is 0 Å². The molecule has 1 fully saturated rings. The van der Waals surface area contributed by atoms with E-state index in [2.05, 4.69) is 39.5 Å². The first kappa shape index (κ1) is 14.4. The molecule has 0 aromatic carbocycles. The van der Waals surface area contributed by atoms with E-state index < -0.39 is 0 Å². The van der Waals surface area contributed by atoms with Crippen LogP contribution >= 0.6 is 0 Å². The number of likely N-dealkylation sites (N-methyl/N-ethyl adjacent to an activating group) is 3. The third kappa shape index (κ3) is 3.75. The molecule has 1 saturated heterocycles. The molecule has 2 unspecified atom stereocenters. The lowest BCUT2D eigenvalue weighted by Gasteiger charge is -2.34. The van der Waals surface area contributed by atoms with E-state index in [0.29, 0.717) is 12.1 Å². The summed E-state index contributed by atoms with van der Waals surface area (Å²) < 4.78 is 1.77. The SMILES string of the molecule is CNC(Cc1cn(C)nn1)C1CN(C)CCCN1C. The lowest BCUT2D eigenvalue weighted by molar-refractivity contribution is 0.181. The topological polar surface area (TPSA) is 49.2 Å². The molecule has 1 aliphatic heterocycles. The summed E-state index contributed by atoms with van der Waals surface area (Å²) in [7, 11) is 8.39. The highest BCUT2D eigenvalue weighted by atomic mass is 15.4. The monoisotopic (exact) mass is 266 g/mol. The van der Waals surface area contributed by atoms with Crippen LogP contribution in [0.15, 0.2) is 6.20 Å². The smallest absolute Gasteiger partial charge is 0.0843 e. The summed E-state index contributed by atoms with van der Waals surface area (Å²) in [6.07, 6.45) is 4.17. The van der Waals surface area contributed by atoms with Crippen LogP contribution in [-0.2, 0) is 13.5 Å². The Balaban J connectivity index is 2.06. The molecule has 2 heterocycles. The Hall–Kier alpha value is -0.980. The molecule has 0 bridgehead atoms. The van der Waals surface area contributed by atoms with Gasteiger partial charge in [0.2, 0.25) is 0 Å². The van der Waals surface area contributed by atoms with Crippen LogP contribution in [-0.4, -0.2) is 77.7 Å². The Labute approximate surface area is 115 Å². The zero-order valence-corrected chi connectivity index (χ0v) is 12.5. The van der Waals surface area contributed by atoms with Gasteiger partial charge in [-0.05, 0) is 40.7 Å². The van der Waals surface area contributed by atoms with Crippen molar-refractivity contribution >= 4 is 0 Å². The molecule has 0 spiro atoms. The molecule has 0 amide bonds. The number of nitrogens with one attached hydrogen (secondary N) is 1. The molecule has 1 aromatic rings. The average Bonchev–Trinajstić information content (AvgIpc) is 2.70. The van der Waals surface area contributed by atoms with Gasteiger partial charge < -0.3 is 15.1 Å². The Morgan fingerprint density at radius 2 is 2.16 bits per heavy atom. The second-order valence-corrected chi connectivity index (χ2v) is 5.65. The fourth-order valence-electron chi connectivity index (χ4n) is 2.88. The molecule has 0 aliphatic carbocycles. The zero-order chi connectivity index (χ0) is 13.8.